The van der Waals surface area contributed by atoms with Crippen molar-refractivity contribution in [2.24, 2.45) is 0 Å². The quantitative estimate of drug-likeness (QED) is 0.713. The van der Waals surface area contributed by atoms with Gasteiger partial charge >= 0.3 is 0 Å². The number of nitrogens with one attached hydrogen (secondary N) is 1. The summed E-state index contributed by atoms with van der Waals surface area (Å²) in [5.41, 5.74) is 0. The first-order chi connectivity index (χ1) is 7.34. The summed E-state index contributed by atoms with van der Waals surface area (Å²) in [6.07, 6.45) is 7.78. The molecular weight excluding hydrogens is 188 g/mol. The van der Waals surface area contributed by atoms with Crippen LogP contribution in [-0.2, 0) is 0 Å². The summed E-state index contributed by atoms with van der Waals surface area (Å²) in [4.78, 5) is 2.42. The maximum Gasteiger partial charge on any atom is 0.0791 e. The molecular formula is C12H24N2O. The van der Waals surface area contributed by atoms with Crippen LogP contribution in [0.4, 0.5) is 0 Å². The molecule has 1 unspecified atom stereocenters. The molecule has 2 aliphatic rings. The van der Waals surface area contributed by atoms with Crippen molar-refractivity contribution < 1.29 is 5.11 Å². The van der Waals surface area contributed by atoms with Gasteiger partial charge in [0.1, 0.15) is 0 Å². The Kier molecular flexibility index (Phi) is 4.42. The molecule has 1 aliphatic carbocycles. The van der Waals surface area contributed by atoms with Crippen molar-refractivity contribution in [2.45, 2.75) is 50.7 Å². The Hall–Kier alpha value is -0.120. The smallest absolute Gasteiger partial charge is 0.0791 e. The number of rotatable bonds is 5. The Balaban J connectivity index is 1.60. The van der Waals surface area contributed by atoms with Crippen LogP contribution >= 0.6 is 0 Å². The van der Waals surface area contributed by atoms with E-state index < -0.39 is 0 Å². The minimum Gasteiger partial charge on any atom is -0.390 e. The fourth-order valence-corrected chi connectivity index (χ4v) is 2.27. The molecule has 3 nitrogen and oxygen atoms in total. The lowest BCUT2D eigenvalue weighted by Crippen LogP contribution is -2.39. The molecule has 1 heterocycles. The van der Waals surface area contributed by atoms with Crippen molar-refractivity contribution in [1.29, 1.82) is 0 Å². The SMILES string of the molecule is OC(CNC1CC1)CN1CCCCCC1. The molecule has 0 spiro atoms. The van der Waals surface area contributed by atoms with Crippen LogP contribution in [0.15, 0.2) is 0 Å². The van der Waals surface area contributed by atoms with Gasteiger partial charge < -0.3 is 15.3 Å². The normalized spacial score (nSPS) is 26.2. The van der Waals surface area contributed by atoms with E-state index in [4.69, 9.17) is 0 Å². The molecule has 2 rings (SSSR count). The lowest BCUT2D eigenvalue weighted by Gasteiger charge is -2.23. The lowest BCUT2D eigenvalue weighted by molar-refractivity contribution is 0.113. The van der Waals surface area contributed by atoms with Gasteiger partial charge in [0.2, 0.25) is 0 Å². The second kappa shape index (κ2) is 5.83. The molecule has 0 bridgehead atoms. The minimum absolute atomic E-state index is 0.177. The topological polar surface area (TPSA) is 35.5 Å². The van der Waals surface area contributed by atoms with Crippen LogP contribution in [-0.4, -0.2) is 48.3 Å². The summed E-state index contributed by atoms with van der Waals surface area (Å²) >= 11 is 0. The van der Waals surface area contributed by atoms with Crippen LogP contribution < -0.4 is 5.32 Å². The third-order valence-electron chi connectivity index (χ3n) is 3.39. The highest BCUT2D eigenvalue weighted by atomic mass is 16.3. The summed E-state index contributed by atoms with van der Waals surface area (Å²) in [7, 11) is 0. The molecule has 1 aliphatic heterocycles. The second-order valence-electron chi connectivity index (χ2n) is 5.05. The van der Waals surface area contributed by atoms with Crippen LogP contribution in [0.1, 0.15) is 38.5 Å². The molecule has 2 N–H and O–H groups in total. The molecule has 0 amide bonds. The average molecular weight is 212 g/mol. The third-order valence-corrected chi connectivity index (χ3v) is 3.39. The van der Waals surface area contributed by atoms with E-state index in [0.29, 0.717) is 6.04 Å². The van der Waals surface area contributed by atoms with E-state index in [1.807, 2.05) is 0 Å². The Morgan fingerprint density at radius 3 is 2.40 bits per heavy atom. The fraction of sp³-hybridized carbons (Fsp3) is 1.00. The summed E-state index contributed by atoms with van der Waals surface area (Å²) in [6, 6.07) is 0.712. The summed E-state index contributed by atoms with van der Waals surface area (Å²) in [6.45, 7) is 4.00. The zero-order valence-electron chi connectivity index (χ0n) is 9.62. The predicted molar refractivity (Wildman–Crippen MR) is 61.9 cm³/mol. The highest BCUT2D eigenvalue weighted by Gasteiger charge is 2.22. The number of aliphatic hydroxyl groups excluding tert-OH is 1. The van der Waals surface area contributed by atoms with Crippen molar-refractivity contribution in [2.75, 3.05) is 26.2 Å². The largest absolute Gasteiger partial charge is 0.390 e. The van der Waals surface area contributed by atoms with E-state index in [2.05, 4.69) is 10.2 Å². The van der Waals surface area contributed by atoms with Gasteiger partial charge in [-0.3, -0.25) is 0 Å². The van der Waals surface area contributed by atoms with Crippen LogP contribution in [0, 0.1) is 0 Å². The van der Waals surface area contributed by atoms with Crippen LogP contribution in [0.5, 0.6) is 0 Å². The number of aliphatic hydroxyl groups is 1. The lowest BCUT2D eigenvalue weighted by atomic mass is 10.2. The second-order valence-corrected chi connectivity index (χ2v) is 5.05. The highest BCUT2D eigenvalue weighted by molar-refractivity contribution is 4.82. The van der Waals surface area contributed by atoms with Crippen molar-refractivity contribution in [3.8, 4) is 0 Å². The monoisotopic (exact) mass is 212 g/mol. The van der Waals surface area contributed by atoms with Crippen molar-refractivity contribution in [3.05, 3.63) is 0 Å². The molecule has 0 radical (unpaired) electrons. The molecule has 1 atom stereocenters. The maximum absolute atomic E-state index is 9.87. The standard InChI is InChI=1S/C12H24N2O/c15-12(9-13-11-5-6-11)10-14-7-3-1-2-4-8-14/h11-13,15H,1-10H2. The first-order valence-electron chi connectivity index (χ1n) is 6.48. The van der Waals surface area contributed by atoms with Gasteiger partial charge in [-0.2, -0.15) is 0 Å². The Morgan fingerprint density at radius 2 is 1.80 bits per heavy atom. The highest BCUT2D eigenvalue weighted by Crippen LogP contribution is 2.18. The van der Waals surface area contributed by atoms with Crippen molar-refractivity contribution >= 4 is 0 Å². The Labute approximate surface area is 92.8 Å². The molecule has 15 heavy (non-hydrogen) atoms. The number of hydrogen-bond acceptors (Lipinski definition) is 3. The van der Waals surface area contributed by atoms with E-state index in [-0.39, 0.29) is 6.10 Å². The number of β-amino-alcohol motifs (C(OH)–C–C–N with tert-alkyl or cyclic N) is 1. The molecule has 3 heteroatoms. The van der Waals surface area contributed by atoms with E-state index in [9.17, 15) is 5.11 Å². The summed E-state index contributed by atoms with van der Waals surface area (Å²) in [5, 5.41) is 13.3. The van der Waals surface area contributed by atoms with Gasteiger partial charge in [0, 0.05) is 19.1 Å². The average Bonchev–Trinajstić information content (AvgIpc) is 3.03. The van der Waals surface area contributed by atoms with E-state index in [1.54, 1.807) is 0 Å². The van der Waals surface area contributed by atoms with Gasteiger partial charge in [-0.15, -0.1) is 0 Å². The molecule has 0 aromatic heterocycles. The maximum atomic E-state index is 9.87. The van der Waals surface area contributed by atoms with Gasteiger partial charge in [0.05, 0.1) is 6.10 Å². The number of likely N-dealkylation sites (tertiary alicyclic amines) is 1. The van der Waals surface area contributed by atoms with Gasteiger partial charge in [0.25, 0.3) is 0 Å². The minimum atomic E-state index is -0.177. The molecule has 0 aromatic rings. The zero-order valence-corrected chi connectivity index (χ0v) is 9.62. The molecule has 0 aromatic carbocycles. The molecule has 88 valence electrons. The molecule has 1 saturated carbocycles. The van der Waals surface area contributed by atoms with Crippen molar-refractivity contribution in [1.82, 2.24) is 10.2 Å². The van der Waals surface area contributed by atoms with Crippen LogP contribution in [0.25, 0.3) is 0 Å². The fourth-order valence-electron chi connectivity index (χ4n) is 2.27. The Bertz CT molecular complexity index is 174. The number of nitrogens with zero attached hydrogens (tertiary/aromatic N) is 1. The van der Waals surface area contributed by atoms with Gasteiger partial charge in [0.15, 0.2) is 0 Å². The van der Waals surface area contributed by atoms with Crippen molar-refractivity contribution in [3.63, 3.8) is 0 Å². The van der Waals surface area contributed by atoms with E-state index >= 15 is 0 Å². The Morgan fingerprint density at radius 1 is 1.13 bits per heavy atom. The zero-order chi connectivity index (χ0) is 10.5. The summed E-state index contributed by atoms with van der Waals surface area (Å²) in [5.74, 6) is 0. The van der Waals surface area contributed by atoms with Gasteiger partial charge in [-0.1, -0.05) is 12.8 Å². The number of hydrogen-bond donors (Lipinski definition) is 2. The van der Waals surface area contributed by atoms with Gasteiger partial charge in [-0.05, 0) is 38.8 Å². The van der Waals surface area contributed by atoms with Crippen LogP contribution in [0.3, 0.4) is 0 Å². The van der Waals surface area contributed by atoms with E-state index in [1.165, 1.54) is 51.6 Å². The molecule has 2 fully saturated rings. The predicted octanol–water partition coefficient (Wildman–Crippen LogP) is 0.975. The first-order valence-corrected chi connectivity index (χ1v) is 6.48. The summed E-state index contributed by atoms with van der Waals surface area (Å²) < 4.78 is 0. The van der Waals surface area contributed by atoms with E-state index in [0.717, 1.165) is 13.1 Å². The van der Waals surface area contributed by atoms with Crippen LogP contribution in [0.2, 0.25) is 0 Å². The molecule has 1 saturated heterocycles. The third kappa shape index (κ3) is 4.49. The first kappa shape index (κ1) is 11.4. The van der Waals surface area contributed by atoms with Gasteiger partial charge in [-0.25, -0.2) is 0 Å².